The van der Waals surface area contributed by atoms with Crippen molar-refractivity contribution in [3.63, 3.8) is 0 Å². The van der Waals surface area contributed by atoms with Crippen molar-refractivity contribution >= 4 is 17.2 Å². The van der Waals surface area contributed by atoms with Gasteiger partial charge in [-0.1, -0.05) is 11.6 Å². The quantitative estimate of drug-likeness (QED) is 0.881. The van der Waals surface area contributed by atoms with Gasteiger partial charge in [-0.3, -0.25) is 4.90 Å². The monoisotopic (exact) mass is 251 g/mol. The molecule has 3 heterocycles. The highest BCUT2D eigenvalue weighted by Crippen LogP contribution is 2.22. The molecule has 1 N–H and O–H groups in total. The summed E-state index contributed by atoms with van der Waals surface area (Å²) in [5.41, 5.74) is 1.38. The highest BCUT2D eigenvalue weighted by atomic mass is 35.5. The number of aliphatic hydroxyl groups is 1. The van der Waals surface area contributed by atoms with E-state index >= 15 is 0 Å². The predicted molar refractivity (Wildman–Crippen MR) is 66.1 cm³/mol. The second-order valence-electron chi connectivity index (χ2n) is 4.99. The molecule has 0 amide bonds. The normalized spacial score (nSPS) is 19.5. The predicted octanol–water partition coefficient (Wildman–Crippen LogP) is 1.55. The molecule has 0 spiro atoms. The highest BCUT2D eigenvalue weighted by Gasteiger charge is 2.36. The van der Waals surface area contributed by atoms with Crippen LogP contribution in [0.2, 0.25) is 5.02 Å². The molecule has 0 saturated carbocycles. The highest BCUT2D eigenvalue weighted by molar-refractivity contribution is 6.30. The van der Waals surface area contributed by atoms with E-state index in [2.05, 4.69) is 9.88 Å². The summed E-state index contributed by atoms with van der Waals surface area (Å²) in [4.78, 5) is 6.67. The molecule has 0 aliphatic carbocycles. The molecule has 1 fully saturated rings. The molecule has 1 aliphatic heterocycles. The lowest BCUT2D eigenvalue weighted by molar-refractivity contribution is -0.0875. The summed E-state index contributed by atoms with van der Waals surface area (Å²) < 4.78 is 1.93. The van der Waals surface area contributed by atoms with Gasteiger partial charge in [-0.15, -0.1) is 0 Å². The van der Waals surface area contributed by atoms with Gasteiger partial charge in [-0.2, -0.15) is 0 Å². The summed E-state index contributed by atoms with van der Waals surface area (Å²) in [7, 11) is 0. The van der Waals surface area contributed by atoms with Gasteiger partial charge in [0, 0.05) is 32.0 Å². The Morgan fingerprint density at radius 2 is 2.18 bits per heavy atom. The Morgan fingerprint density at radius 3 is 2.88 bits per heavy atom. The van der Waals surface area contributed by atoms with Gasteiger partial charge in [-0.25, -0.2) is 4.98 Å². The number of halogens is 1. The van der Waals surface area contributed by atoms with Crippen molar-refractivity contribution < 1.29 is 5.11 Å². The number of nitrogens with zero attached hydrogens (tertiary/aromatic N) is 3. The maximum Gasteiger partial charge on any atom is 0.137 e. The summed E-state index contributed by atoms with van der Waals surface area (Å²) in [6, 6.07) is 3.74. The molecule has 2 aromatic rings. The molecule has 0 radical (unpaired) electrons. The zero-order valence-corrected chi connectivity index (χ0v) is 10.4. The number of fused-ring (bicyclic) bond motifs is 1. The number of hydrogen-bond donors (Lipinski definition) is 1. The minimum atomic E-state index is -0.525. The van der Waals surface area contributed by atoms with Gasteiger partial charge in [0.15, 0.2) is 0 Å². The zero-order valence-electron chi connectivity index (χ0n) is 9.60. The number of rotatable bonds is 2. The van der Waals surface area contributed by atoms with Crippen LogP contribution in [0.4, 0.5) is 0 Å². The van der Waals surface area contributed by atoms with E-state index in [-0.39, 0.29) is 0 Å². The van der Waals surface area contributed by atoms with Crippen LogP contribution in [0.15, 0.2) is 24.5 Å². The Morgan fingerprint density at radius 1 is 1.41 bits per heavy atom. The molecule has 17 heavy (non-hydrogen) atoms. The maximum atomic E-state index is 9.65. The third-order valence-corrected chi connectivity index (χ3v) is 3.20. The van der Waals surface area contributed by atoms with Crippen molar-refractivity contribution in [2.24, 2.45) is 0 Å². The smallest absolute Gasteiger partial charge is 0.137 e. The molecule has 3 rings (SSSR count). The Kier molecular flexibility index (Phi) is 2.40. The van der Waals surface area contributed by atoms with E-state index in [1.54, 1.807) is 0 Å². The van der Waals surface area contributed by atoms with Crippen LogP contribution in [0.5, 0.6) is 0 Å². The number of likely N-dealkylation sites (tertiary alicyclic amines) is 1. The van der Waals surface area contributed by atoms with Crippen molar-refractivity contribution in [1.29, 1.82) is 0 Å². The number of β-amino-alcohol motifs (C(OH)–C–C–N with tert-alkyl or cyclic N) is 1. The molecule has 0 atom stereocenters. The number of imidazole rings is 1. The maximum absolute atomic E-state index is 9.65. The van der Waals surface area contributed by atoms with Gasteiger partial charge in [-0.05, 0) is 19.1 Å². The number of hydrogen-bond acceptors (Lipinski definition) is 3. The number of pyridine rings is 1. The average molecular weight is 252 g/mol. The fourth-order valence-corrected chi connectivity index (χ4v) is 2.52. The van der Waals surface area contributed by atoms with Crippen LogP contribution in [-0.2, 0) is 6.54 Å². The molecule has 2 aromatic heterocycles. The van der Waals surface area contributed by atoms with Crippen molar-refractivity contribution in [3.8, 4) is 0 Å². The average Bonchev–Trinajstić information content (AvgIpc) is 2.56. The van der Waals surface area contributed by atoms with E-state index in [0.29, 0.717) is 18.1 Å². The van der Waals surface area contributed by atoms with Gasteiger partial charge < -0.3 is 9.51 Å². The Bertz CT molecular complexity index is 556. The van der Waals surface area contributed by atoms with Crippen LogP contribution in [-0.4, -0.2) is 38.1 Å². The first-order valence-corrected chi connectivity index (χ1v) is 5.98. The van der Waals surface area contributed by atoms with E-state index in [1.165, 1.54) is 0 Å². The summed E-state index contributed by atoms with van der Waals surface area (Å²) >= 11 is 5.92. The minimum absolute atomic E-state index is 0.525. The van der Waals surface area contributed by atoms with Gasteiger partial charge in [0.1, 0.15) is 5.65 Å². The molecule has 0 unspecified atom stereocenters. The zero-order chi connectivity index (χ0) is 12.0. The second kappa shape index (κ2) is 3.70. The first-order chi connectivity index (χ1) is 8.02. The van der Waals surface area contributed by atoms with E-state index in [9.17, 15) is 5.11 Å². The molecule has 5 heteroatoms. The van der Waals surface area contributed by atoms with Crippen molar-refractivity contribution in [1.82, 2.24) is 14.3 Å². The Hall–Kier alpha value is -1.10. The Balaban J connectivity index is 1.78. The molecule has 4 nitrogen and oxygen atoms in total. The standard InChI is InChI=1S/C12H14ClN3O/c1-12(17)7-15(8-12)5-10-6-16-4-9(13)2-3-11(16)14-10/h2-4,6,17H,5,7-8H2,1H3. The van der Waals surface area contributed by atoms with Crippen LogP contribution in [0.3, 0.4) is 0 Å². The molecule has 0 bridgehead atoms. The minimum Gasteiger partial charge on any atom is -0.388 e. The van der Waals surface area contributed by atoms with Crippen LogP contribution >= 0.6 is 11.6 Å². The van der Waals surface area contributed by atoms with Gasteiger partial charge in [0.05, 0.1) is 16.3 Å². The molecular formula is C12H14ClN3O. The van der Waals surface area contributed by atoms with E-state index in [4.69, 9.17) is 11.6 Å². The molecule has 90 valence electrons. The lowest BCUT2D eigenvalue weighted by Crippen LogP contribution is -2.59. The van der Waals surface area contributed by atoms with E-state index in [0.717, 1.165) is 17.9 Å². The molecule has 0 aromatic carbocycles. The fourth-order valence-electron chi connectivity index (χ4n) is 2.35. The first-order valence-electron chi connectivity index (χ1n) is 5.60. The van der Waals surface area contributed by atoms with Crippen LogP contribution < -0.4 is 0 Å². The summed E-state index contributed by atoms with van der Waals surface area (Å²) in [6.45, 7) is 4.05. The largest absolute Gasteiger partial charge is 0.388 e. The van der Waals surface area contributed by atoms with Crippen molar-refractivity contribution in [2.45, 2.75) is 19.1 Å². The third kappa shape index (κ3) is 2.16. The SMILES string of the molecule is CC1(O)CN(Cc2cn3cc(Cl)ccc3n2)C1. The summed E-state index contributed by atoms with van der Waals surface area (Å²) in [5.74, 6) is 0. The number of aromatic nitrogens is 2. The second-order valence-corrected chi connectivity index (χ2v) is 5.42. The third-order valence-electron chi connectivity index (χ3n) is 2.98. The van der Waals surface area contributed by atoms with Gasteiger partial charge in [0.25, 0.3) is 0 Å². The van der Waals surface area contributed by atoms with E-state index < -0.39 is 5.60 Å². The topological polar surface area (TPSA) is 40.8 Å². The van der Waals surface area contributed by atoms with E-state index in [1.807, 2.05) is 35.9 Å². The Labute approximate surface area is 104 Å². The first kappa shape index (κ1) is 11.0. The molecular weight excluding hydrogens is 238 g/mol. The summed E-state index contributed by atoms with van der Waals surface area (Å²) in [6.07, 6.45) is 3.83. The molecule has 1 saturated heterocycles. The van der Waals surface area contributed by atoms with Gasteiger partial charge in [0.2, 0.25) is 0 Å². The van der Waals surface area contributed by atoms with Crippen LogP contribution in [0, 0.1) is 0 Å². The van der Waals surface area contributed by atoms with Crippen LogP contribution in [0.1, 0.15) is 12.6 Å². The van der Waals surface area contributed by atoms with Crippen molar-refractivity contribution in [2.75, 3.05) is 13.1 Å². The molecule has 1 aliphatic rings. The van der Waals surface area contributed by atoms with Crippen molar-refractivity contribution in [3.05, 3.63) is 35.2 Å². The van der Waals surface area contributed by atoms with Crippen LogP contribution in [0.25, 0.3) is 5.65 Å². The lowest BCUT2D eigenvalue weighted by atomic mass is 9.97. The summed E-state index contributed by atoms with van der Waals surface area (Å²) in [5, 5.41) is 10.4. The fraction of sp³-hybridized carbons (Fsp3) is 0.417. The lowest BCUT2D eigenvalue weighted by Gasteiger charge is -2.43. The van der Waals surface area contributed by atoms with Gasteiger partial charge >= 0.3 is 0 Å².